The average Bonchev–Trinajstić information content (AvgIpc) is 2.52. The molecular formula is C18H20N2O. The smallest absolute Gasteiger partial charge is 0.121 e. The molecule has 0 amide bonds. The summed E-state index contributed by atoms with van der Waals surface area (Å²) in [5, 5.41) is 9.36. The van der Waals surface area contributed by atoms with Crippen LogP contribution in [0.2, 0.25) is 0 Å². The van der Waals surface area contributed by atoms with Crippen molar-refractivity contribution >= 4 is 5.69 Å². The summed E-state index contributed by atoms with van der Waals surface area (Å²) < 4.78 is 5.30. The zero-order valence-electron chi connectivity index (χ0n) is 12.7. The number of hydrogen-bond acceptors (Lipinski definition) is 3. The van der Waals surface area contributed by atoms with Gasteiger partial charge in [-0.05, 0) is 31.5 Å². The second kappa shape index (κ2) is 6.81. The molecule has 2 aromatic rings. The molecule has 0 unspecified atom stereocenters. The van der Waals surface area contributed by atoms with Crippen molar-refractivity contribution < 1.29 is 4.74 Å². The molecule has 21 heavy (non-hydrogen) atoms. The maximum atomic E-state index is 9.36. The number of anilines is 1. The Morgan fingerprint density at radius 3 is 2.43 bits per heavy atom. The Hall–Kier alpha value is -2.47. The van der Waals surface area contributed by atoms with Crippen LogP contribution in [0.3, 0.4) is 0 Å². The third kappa shape index (κ3) is 3.55. The molecule has 0 heterocycles. The standard InChI is InChI=1S/C18H20N2O/c1-14(2)20(13-15-7-5-4-6-8-15)18-11-17(21-3)10-9-16(18)12-19/h4-11,14H,13H2,1-3H3. The van der Waals surface area contributed by atoms with Crippen molar-refractivity contribution in [2.45, 2.75) is 26.4 Å². The fourth-order valence-corrected chi connectivity index (χ4v) is 2.30. The van der Waals surface area contributed by atoms with E-state index in [1.165, 1.54) is 5.56 Å². The van der Waals surface area contributed by atoms with Gasteiger partial charge >= 0.3 is 0 Å². The largest absolute Gasteiger partial charge is 0.497 e. The minimum absolute atomic E-state index is 0.282. The van der Waals surface area contributed by atoms with Gasteiger partial charge in [-0.3, -0.25) is 0 Å². The lowest BCUT2D eigenvalue weighted by atomic mass is 10.1. The zero-order valence-corrected chi connectivity index (χ0v) is 12.7. The van der Waals surface area contributed by atoms with Gasteiger partial charge in [-0.15, -0.1) is 0 Å². The van der Waals surface area contributed by atoms with Gasteiger partial charge in [0, 0.05) is 18.7 Å². The van der Waals surface area contributed by atoms with E-state index in [1.54, 1.807) is 7.11 Å². The molecule has 0 spiro atoms. The van der Waals surface area contributed by atoms with Crippen LogP contribution in [0.5, 0.6) is 5.75 Å². The van der Waals surface area contributed by atoms with Crippen LogP contribution in [-0.2, 0) is 6.54 Å². The second-order valence-corrected chi connectivity index (χ2v) is 5.20. The Bertz CT molecular complexity index is 629. The van der Waals surface area contributed by atoms with Crippen molar-refractivity contribution in [2.24, 2.45) is 0 Å². The van der Waals surface area contributed by atoms with E-state index < -0.39 is 0 Å². The summed E-state index contributed by atoms with van der Waals surface area (Å²) in [5.41, 5.74) is 2.80. The first-order valence-electron chi connectivity index (χ1n) is 7.04. The van der Waals surface area contributed by atoms with Gasteiger partial charge in [-0.1, -0.05) is 30.3 Å². The fraction of sp³-hybridized carbons (Fsp3) is 0.278. The maximum absolute atomic E-state index is 9.36. The second-order valence-electron chi connectivity index (χ2n) is 5.20. The minimum atomic E-state index is 0.282. The normalized spacial score (nSPS) is 10.2. The summed E-state index contributed by atoms with van der Waals surface area (Å²) in [5.74, 6) is 0.766. The van der Waals surface area contributed by atoms with Crippen molar-refractivity contribution in [1.29, 1.82) is 5.26 Å². The predicted octanol–water partition coefficient (Wildman–Crippen LogP) is 3.98. The van der Waals surface area contributed by atoms with E-state index >= 15 is 0 Å². The molecule has 0 aliphatic carbocycles. The van der Waals surface area contributed by atoms with Crippen LogP contribution in [-0.4, -0.2) is 13.2 Å². The van der Waals surface area contributed by atoms with Crippen LogP contribution in [0.15, 0.2) is 48.5 Å². The van der Waals surface area contributed by atoms with E-state index in [1.807, 2.05) is 36.4 Å². The van der Waals surface area contributed by atoms with Crippen LogP contribution < -0.4 is 9.64 Å². The monoisotopic (exact) mass is 280 g/mol. The summed E-state index contributed by atoms with van der Waals surface area (Å²) in [4.78, 5) is 2.22. The number of rotatable bonds is 5. The quantitative estimate of drug-likeness (QED) is 0.831. The number of methoxy groups -OCH3 is 1. The molecule has 3 heteroatoms. The molecule has 2 aromatic carbocycles. The summed E-state index contributed by atoms with van der Waals surface area (Å²) >= 11 is 0. The Morgan fingerprint density at radius 1 is 1.14 bits per heavy atom. The lowest BCUT2D eigenvalue weighted by Crippen LogP contribution is -2.30. The lowest BCUT2D eigenvalue weighted by Gasteiger charge is -2.30. The molecule has 0 saturated heterocycles. The molecule has 0 atom stereocenters. The molecule has 0 fully saturated rings. The summed E-state index contributed by atoms with van der Waals surface area (Å²) in [6.07, 6.45) is 0. The van der Waals surface area contributed by atoms with Gasteiger partial charge in [-0.2, -0.15) is 5.26 Å². The fourth-order valence-electron chi connectivity index (χ4n) is 2.30. The van der Waals surface area contributed by atoms with Gasteiger partial charge in [-0.25, -0.2) is 0 Å². The highest BCUT2D eigenvalue weighted by Crippen LogP contribution is 2.28. The van der Waals surface area contributed by atoms with Crippen LogP contribution in [0, 0.1) is 11.3 Å². The van der Waals surface area contributed by atoms with E-state index in [4.69, 9.17) is 4.74 Å². The molecule has 0 N–H and O–H groups in total. The highest BCUT2D eigenvalue weighted by molar-refractivity contribution is 5.62. The van der Waals surface area contributed by atoms with Crippen molar-refractivity contribution in [3.8, 4) is 11.8 Å². The lowest BCUT2D eigenvalue weighted by molar-refractivity contribution is 0.414. The third-order valence-corrected chi connectivity index (χ3v) is 3.45. The maximum Gasteiger partial charge on any atom is 0.121 e. The number of benzene rings is 2. The molecule has 0 saturated carbocycles. The molecule has 0 radical (unpaired) electrons. The molecule has 2 rings (SSSR count). The number of ether oxygens (including phenoxy) is 1. The van der Waals surface area contributed by atoms with Gasteiger partial charge < -0.3 is 9.64 Å². The molecular weight excluding hydrogens is 260 g/mol. The van der Waals surface area contributed by atoms with E-state index in [0.717, 1.165) is 18.0 Å². The highest BCUT2D eigenvalue weighted by atomic mass is 16.5. The number of nitrogens with zero attached hydrogens (tertiary/aromatic N) is 2. The first-order valence-corrected chi connectivity index (χ1v) is 7.04. The number of nitriles is 1. The van der Waals surface area contributed by atoms with E-state index in [-0.39, 0.29) is 6.04 Å². The SMILES string of the molecule is COc1ccc(C#N)c(N(Cc2ccccc2)C(C)C)c1. The van der Waals surface area contributed by atoms with Gasteiger partial charge in [0.25, 0.3) is 0 Å². The molecule has 0 aliphatic rings. The average molecular weight is 280 g/mol. The van der Waals surface area contributed by atoms with Crippen molar-refractivity contribution in [2.75, 3.05) is 12.0 Å². The topological polar surface area (TPSA) is 36.3 Å². The van der Waals surface area contributed by atoms with Crippen molar-refractivity contribution in [3.63, 3.8) is 0 Å². The zero-order chi connectivity index (χ0) is 15.2. The predicted molar refractivity (Wildman–Crippen MR) is 85.5 cm³/mol. The van der Waals surface area contributed by atoms with Crippen molar-refractivity contribution in [3.05, 3.63) is 59.7 Å². The molecule has 0 aliphatic heterocycles. The van der Waals surface area contributed by atoms with Crippen LogP contribution >= 0.6 is 0 Å². The molecule has 3 nitrogen and oxygen atoms in total. The third-order valence-electron chi connectivity index (χ3n) is 3.45. The molecule has 0 aromatic heterocycles. The Labute approximate surface area is 126 Å². The van der Waals surface area contributed by atoms with E-state index in [9.17, 15) is 5.26 Å². The highest BCUT2D eigenvalue weighted by Gasteiger charge is 2.16. The van der Waals surface area contributed by atoms with E-state index in [2.05, 4.69) is 36.9 Å². The van der Waals surface area contributed by atoms with Gasteiger partial charge in [0.2, 0.25) is 0 Å². The van der Waals surface area contributed by atoms with E-state index in [0.29, 0.717) is 5.56 Å². The Morgan fingerprint density at radius 2 is 1.86 bits per heavy atom. The molecule has 0 bridgehead atoms. The van der Waals surface area contributed by atoms with Crippen LogP contribution in [0.1, 0.15) is 25.0 Å². The van der Waals surface area contributed by atoms with Crippen LogP contribution in [0.25, 0.3) is 0 Å². The Balaban J connectivity index is 2.41. The summed E-state index contributed by atoms with van der Waals surface area (Å²) in [7, 11) is 1.64. The summed E-state index contributed by atoms with van der Waals surface area (Å²) in [6, 6.07) is 18.4. The van der Waals surface area contributed by atoms with Gasteiger partial charge in [0.1, 0.15) is 11.8 Å². The minimum Gasteiger partial charge on any atom is -0.497 e. The molecule has 108 valence electrons. The number of hydrogen-bond donors (Lipinski definition) is 0. The Kier molecular flexibility index (Phi) is 4.84. The van der Waals surface area contributed by atoms with Crippen LogP contribution in [0.4, 0.5) is 5.69 Å². The van der Waals surface area contributed by atoms with Crippen molar-refractivity contribution in [1.82, 2.24) is 0 Å². The summed E-state index contributed by atoms with van der Waals surface area (Å²) in [6.45, 7) is 5.02. The van der Waals surface area contributed by atoms with Gasteiger partial charge in [0.15, 0.2) is 0 Å². The first-order chi connectivity index (χ1) is 10.2. The van der Waals surface area contributed by atoms with Gasteiger partial charge in [0.05, 0.1) is 18.4 Å². The first kappa shape index (κ1) is 14.9.